The van der Waals surface area contributed by atoms with Gasteiger partial charge in [-0.3, -0.25) is 9.69 Å². The molecule has 2 fully saturated rings. The first-order chi connectivity index (χ1) is 15.2. The summed E-state index contributed by atoms with van der Waals surface area (Å²) in [6, 6.07) is 8.05. The fraction of sp³-hybridized carbons (Fsp3) is 0.625. The second-order valence-corrected chi connectivity index (χ2v) is 10.2. The van der Waals surface area contributed by atoms with Crippen LogP contribution in [-0.2, 0) is 11.3 Å². The number of benzene rings is 1. The van der Waals surface area contributed by atoms with Gasteiger partial charge in [-0.25, -0.2) is 0 Å². The third-order valence-electron chi connectivity index (χ3n) is 6.40. The Morgan fingerprint density at radius 1 is 1.19 bits per heavy atom. The molecule has 1 aromatic heterocycles. The minimum Gasteiger partial charge on any atom is -0.355 e. The second kappa shape index (κ2) is 11.1. The molecule has 7 heteroatoms. The van der Waals surface area contributed by atoms with Gasteiger partial charge in [0.05, 0.1) is 12.5 Å². The maximum atomic E-state index is 12.7. The van der Waals surface area contributed by atoms with Crippen molar-refractivity contribution in [1.82, 2.24) is 20.4 Å². The zero-order valence-corrected chi connectivity index (χ0v) is 19.3. The Kier molecular flexibility index (Phi) is 8.03. The minimum atomic E-state index is 0.0483. The second-order valence-electron chi connectivity index (χ2n) is 8.82. The van der Waals surface area contributed by atoms with Crippen LogP contribution in [0.4, 0.5) is 0 Å². The largest absolute Gasteiger partial charge is 0.355 e. The molecule has 2 heterocycles. The molecule has 0 spiro atoms. The van der Waals surface area contributed by atoms with Crippen LogP contribution in [0.1, 0.15) is 56.4 Å². The lowest BCUT2D eigenvalue weighted by Crippen LogP contribution is -2.43. The summed E-state index contributed by atoms with van der Waals surface area (Å²) in [5, 5.41) is 8.13. The average Bonchev–Trinajstić information content (AvgIpc) is 3.26. The van der Waals surface area contributed by atoms with Gasteiger partial charge in [-0.1, -0.05) is 48.7 Å². The molecule has 0 bridgehead atoms. The van der Waals surface area contributed by atoms with E-state index in [4.69, 9.17) is 4.52 Å². The molecule has 168 valence electrons. The maximum Gasteiger partial charge on any atom is 0.241 e. The summed E-state index contributed by atoms with van der Waals surface area (Å²) in [4.78, 5) is 19.5. The number of thioether (sulfide) groups is 1. The van der Waals surface area contributed by atoms with Gasteiger partial charge >= 0.3 is 0 Å². The van der Waals surface area contributed by atoms with Crippen molar-refractivity contribution in [3.8, 4) is 11.4 Å². The van der Waals surface area contributed by atoms with E-state index in [1.807, 2.05) is 43.0 Å². The first-order valence-corrected chi connectivity index (χ1v) is 12.7. The van der Waals surface area contributed by atoms with Crippen molar-refractivity contribution in [2.24, 2.45) is 5.92 Å². The minimum absolute atomic E-state index is 0.0483. The molecule has 1 amide bonds. The summed E-state index contributed by atoms with van der Waals surface area (Å²) in [5.41, 5.74) is 2.13. The highest BCUT2D eigenvalue weighted by atomic mass is 32.2. The molecular weight excluding hydrogens is 408 g/mol. The lowest BCUT2D eigenvalue weighted by molar-refractivity contribution is -0.126. The molecule has 1 saturated heterocycles. The van der Waals surface area contributed by atoms with Gasteiger partial charge in [0.1, 0.15) is 0 Å². The van der Waals surface area contributed by atoms with E-state index in [0.717, 1.165) is 54.6 Å². The maximum absolute atomic E-state index is 12.7. The SMILES string of the molecule is Cc1ccccc1-c1noc(CN2CCCC(C(=O)NCCSC3CCCCC3)C2)n1. The molecule has 1 unspecified atom stereocenters. The number of aryl methyl sites for hydroxylation is 1. The van der Waals surface area contributed by atoms with E-state index in [-0.39, 0.29) is 11.8 Å². The van der Waals surface area contributed by atoms with Crippen LogP contribution in [0.25, 0.3) is 11.4 Å². The topological polar surface area (TPSA) is 71.3 Å². The fourth-order valence-corrected chi connectivity index (χ4v) is 5.85. The van der Waals surface area contributed by atoms with Crippen LogP contribution >= 0.6 is 11.8 Å². The number of amides is 1. The van der Waals surface area contributed by atoms with E-state index in [2.05, 4.69) is 20.4 Å². The highest BCUT2D eigenvalue weighted by Crippen LogP contribution is 2.28. The molecule has 2 aromatic rings. The molecule has 4 rings (SSSR count). The Bertz CT molecular complexity index is 850. The Balaban J connectivity index is 1.22. The summed E-state index contributed by atoms with van der Waals surface area (Å²) >= 11 is 2.04. The Morgan fingerprint density at radius 3 is 2.87 bits per heavy atom. The van der Waals surface area contributed by atoms with E-state index in [0.29, 0.717) is 18.3 Å². The summed E-state index contributed by atoms with van der Waals surface area (Å²) in [6.07, 6.45) is 8.80. The summed E-state index contributed by atoms with van der Waals surface area (Å²) in [6.45, 7) is 5.14. The monoisotopic (exact) mass is 442 g/mol. The van der Waals surface area contributed by atoms with Crippen molar-refractivity contribution >= 4 is 17.7 Å². The molecule has 1 aliphatic carbocycles. The van der Waals surface area contributed by atoms with Crippen LogP contribution in [0.3, 0.4) is 0 Å². The van der Waals surface area contributed by atoms with Crippen LogP contribution in [0, 0.1) is 12.8 Å². The standard InChI is InChI=1S/C24H34N4O2S/c1-18-8-5-6-12-21(18)23-26-22(30-27-23)17-28-14-7-9-19(16-28)24(29)25-13-15-31-20-10-3-2-4-11-20/h5-6,8,12,19-20H,2-4,7,9-11,13-17H2,1H3,(H,25,29). The van der Waals surface area contributed by atoms with Gasteiger partial charge in [0.25, 0.3) is 0 Å². The smallest absolute Gasteiger partial charge is 0.241 e. The molecule has 2 aliphatic rings. The fourth-order valence-electron chi connectivity index (χ4n) is 4.63. The third kappa shape index (κ3) is 6.32. The number of carbonyl (C=O) groups excluding carboxylic acids is 1. The highest BCUT2D eigenvalue weighted by Gasteiger charge is 2.27. The molecule has 31 heavy (non-hydrogen) atoms. The quantitative estimate of drug-likeness (QED) is 0.610. The molecule has 6 nitrogen and oxygen atoms in total. The first kappa shape index (κ1) is 22.3. The van der Waals surface area contributed by atoms with Crippen LogP contribution in [0.15, 0.2) is 28.8 Å². The molecule has 1 saturated carbocycles. The zero-order valence-electron chi connectivity index (χ0n) is 18.5. The molecular formula is C24H34N4O2S. The third-order valence-corrected chi connectivity index (χ3v) is 7.78. The van der Waals surface area contributed by atoms with Crippen LogP contribution in [-0.4, -0.2) is 51.6 Å². The average molecular weight is 443 g/mol. The van der Waals surface area contributed by atoms with Gasteiger partial charge in [0, 0.05) is 29.7 Å². The lowest BCUT2D eigenvalue weighted by Gasteiger charge is -2.31. The molecule has 1 atom stereocenters. The predicted octanol–water partition coefficient (Wildman–Crippen LogP) is 4.44. The van der Waals surface area contributed by atoms with E-state index >= 15 is 0 Å². The van der Waals surface area contributed by atoms with Crippen molar-refractivity contribution in [2.45, 2.75) is 63.7 Å². The van der Waals surface area contributed by atoms with Crippen LogP contribution in [0.2, 0.25) is 0 Å². The van der Waals surface area contributed by atoms with Gasteiger partial charge < -0.3 is 9.84 Å². The molecule has 1 N–H and O–H groups in total. The number of likely N-dealkylation sites (tertiary alicyclic amines) is 1. The van der Waals surface area contributed by atoms with Crippen molar-refractivity contribution < 1.29 is 9.32 Å². The van der Waals surface area contributed by atoms with Crippen molar-refractivity contribution in [3.05, 3.63) is 35.7 Å². The lowest BCUT2D eigenvalue weighted by atomic mass is 9.97. The summed E-state index contributed by atoms with van der Waals surface area (Å²) in [7, 11) is 0. The summed E-state index contributed by atoms with van der Waals surface area (Å²) < 4.78 is 5.50. The Hall–Kier alpha value is -1.86. The van der Waals surface area contributed by atoms with Gasteiger partial charge in [0.2, 0.25) is 17.6 Å². The van der Waals surface area contributed by atoms with Crippen molar-refractivity contribution in [1.29, 1.82) is 0 Å². The van der Waals surface area contributed by atoms with Gasteiger partial charge in [-0.15, -0.1) is 0 Å². The molecule has 1 aromatic carbocycles. The van der Waals surface area contributed by atoms with E-state index < -0.39 is 0 Å². The number of hydrogen-bond acceptors (Lipinski definition) is 6. The number of piperidine rings is 1. The Labute approximate surface area is 189 Å². The Morgan fingerprint density at radius 2 is 2.03 bits per heavy atom. The number of nitrogens with one attached hydrogen (secondary N) is 1. The highest BCUT2D eigenvalue weighted by molar-refractivity contribution is 7.99. The zero-order chi connectivity index (χ0) is 21.5. The first-order valence-electron chi connectivity index (χ1n) is 11.7. The van der Waals surface area contributed by atoms with E-state index in [1.165, 1.54) is 32.1 Å². The van der Waals surface area contributed by atoms with Crippen LogP contribution < -0.4 is 5.32 Å². The molecule has 0 radical (unpaired) electrons. The van der Waals surface area contributed by atoms with E-state index in [9.17, 15) is 4.79 Å². The van der Waals surface area contributed by atoms with E-state index in [1.54, 1.807) is 0 Å². The van der Waals surface area contributed by atoms with Gasteiger partial charge in [-0.05, 0) is 44.7 Å². The number of rotatable bonds is 8. The number of aromatic nitrogens is 2. The van der Waals surface area contributed by atoms with Gasteiger partial charge in [0.15, 0.2) is 0 Å². The summed E-state index contributed by atoms with van der Waals surface area (Å²) in [5.74, 6) is 2.52. The van der Waals surface area contributed by atoms with Crippen molar-refractivity contribution in [3.63, 3.8) is 0 Å². The number of hydrogen-bond donors (Lipinski definition) is 1. The van der Waals surface area contributed by atoms with Crippen molar-refractivity contribution in [2.75, 3.05) is 25.4 Å². The number of carbonyl (C=O) groups is 1. The normalized spacial score (nSPS) is 20.6. The van der Waals surface area contributed by atoms with Crippen LogP contribution in [0.5, 0.6) is 0 Å². The number of nitrogens with zero attached hydrogens (tertiary/aromatic N) is 3. The molecule has 1 aliphatic heterocycles. The predicted molar refractivity (Wildman–Crippen MR) is 125 cm³/mol. The van der Waals surface area contributed by atoms with Gasteiger partial charge in [-0.2, -0.15) is 16.7 Å².